The van der Waals surface area contributed by atoms with Crippen molar-refractivity contribution in [1.29, 1.82) is 0 Å². The standard InChI is InChI=1S/C11H15ClO/c1-10(7-8-12)13-9-11-5-3-2-4-6-11/h2-6,10H,7-9H2,1H3/t10-/m1/s1. The van der Waals surface area contributed by atoms with Gasteiger partial charge in [-0.1, -0.05) is 30.3 Å². The van der Waals surface area contributed by atoms with Gasteiger partial charge in [0.2, 0.25) is 0 Å². The van der Waals surface area contributed by atoms with Crippen LogP contribution in [-0.4, -0.2) is 12.0 Å². The second-order valence-electron chi connectivity index (χ2n) is 3.08. The van der Waals surface area contributed by atoms with Crippen molar-refractivity contribution in [2.45, 2.75) is 26.1 Å². The van der Waals surface area contributed by atoms with Gasteiger partial charge in [-0.25, -0.2) is 0 Å². The van der Waals surface area contributed by atoms with Gasteiger partial charge in [-0.05, 0) is 18.9 Å². The number of alkyl halides is 1. The van der Waals surface area contributed by atoms with Crippen LogP contribution in [-0.2, 0) is 11.3 Å². The lowest BCUT2D eigenvalue weighted by atomic mass is 10.2. The van der Waals surface area contributed by atoms with Crippen LogP contribution in [0.3, 0.4) is 0 Å². The lowest BCUT2D eigenvalue weighted by Gasteiger charge is -2.10. The fraction of sp³-hybridized carbons (Fsp3) is 0.455. The van der Waals surface area contributed by atoms with Crippen LogP contribution in [0.1, 0.15) is 18.9 Å². The van der Waals surface area contributed by atoms with Crippen molar-refractivity contribution in [2.24, 2.45) is 0 Å². The minimum Gasteiger partial charge on any atom is -0.374 e. The van der Waals surface area contributed by atoms with Crippen LogP contribution in [0.25, 0.3) is 0 Å². The fourth-order valence-electron chi connectivity index (χ4n) is 1.05. The number of benzene rings is 1. The molecule has 0 spiro atoms. The predicted octanol–water partition coefficient (Wildman–Crippen LogP) is 3.22. The molecule has 0 amide bonds. The molecule has 0 aliphatic carbocycles. The van der Waals surface area contributed by atoms with E-state index in [0.29, 0.717) is 12.5 Å². The monoisotopic (exact) mass is 198 g/mol. The Bertz CT molecular complexity index is 223. The Balaban J connectivity index is 2.27. The second-order valence-corrected chi connectivity index (χ2v) is 3.46. The molecule has 72 valence electrons. The zero-order valence-corrected chi connectivity index (χ0v) is 8.63. The molecule has 0 fully saturated rings. The van der Waals surface area contributed by atoms with Gasteiger partial charge in [0.25, 0.3) is 0 Å². The highest BCUT2D eigenvalue weighted by molar-refractivity contribution is 6.17. The molecule has 1 rings (SSSR count). The van der Waals surface area contributed by atoms with Crippen LogP contribution in [0.2, 0.25) is 0 Å². The van der Waals surface area contributed by atoms with E-state index >= 15 is 0 Å². The molecule has 2 heteroatoms. The SMILES string of the molecule is C[C@H](CCCl)OCc1ccccc1. The molecular weight excluding hydrogens is 184 g/mol. The third-order valence-electron chi connectivity index (χ3n) is 1.89. The van der Waals surface area contributed by atoms with E-state index in [0.717, 1.165) is 6.42 Å². The fourth-order valence-corrected chi connectivity index (χ4v) is 1.36. The van der Waals surface area contributed by atoms with E-state index in [1.54, 1.807) is 0 Å². The van der Waals surface area contributed by atoms with E-state index in [1.165, 1.54) is 5.56 Å². The summed E-state index contributed by atoms with van der Waals surface area (Å²) in [5.41, 5.74) is 1.21. The molecule has 0 saturated heterocycles. The second kappa shape index (κ2) is 6.01. The van der Waals surface area contributed by atoms with Gasteiger partial charge in [-0.3, -0.25) is 0 Å². The van der Waals surface area contributed by atoms with Crippen LogP contribution in [0.15, 0.2) is 30.3 Å². The van der Waals surface area contributed by atoms with Crippen molar-refractivity contribution in [1.82, 2.24) is 0 Å². The molecule has 13 heavy (non-hydrogen) atoms. The molecule has 0 aromatic heterocycles. The Labute approximate surface area is 84.7 Å². The van der Waals surface area contributed by atoms with Crippen molar-refractivity contribution in [2.75, 3.05) is 5.88 Å². The molecule has 1 aromatic rings. The number of ether oxygens (including phenoxy) is 1. The molecule has 1 aromatic carbocycles. The zero-order valence-electron chi connectivity index (χ0n) is 7.87. The number of hydrogen-bond acceptors (Lipinski definition) is 1. The van der Waals surface area contributed by atoms with E-state index in [4.69, 9.17) is 16.3 Å². The van der Waals surface area contributed by atoms with Crippen LogP contribution < -0.4 is 0 Å². The number of halogens is 1. The summed E-state index contributed by atoms with van der Waals surface area (Å²) in [4.78, 5) is 0. The largest absolute Gasteiger partial charge is 0.374 e. The summed E-state index contributed by atoms with van der Waals surface area (Å²) < 4.78 is 5.58. The Kier molecular flexibility index (Phi) is 4.87. The first-order valence-electron chi connectivity index (χ1n) is 4.54. The van der Waals surface area contributed by atoms with E-state index in [2.05, 4.69) is 12.1 Å². The number of hydrogen-bond donors (Lipinski definition) is 0. The first-order valence-corrected chi connectivity index (χ1v) is 5.08. The topological polar surface area (TPSA) is 9.23 Å². The summed E-state index contributed by atoms with van der Waals surface area (Å²) >= 11 is 5.60. The molecule has 0 aliphatic heterocycles. The van der Waals surface area contributed by atoms with Crippen molar-refractivity contribution in [3.05, 3.63) is 35.9 Å². The third-order valence-corrected chi connectivity index (χ3v) is 2.11. The van der Waals surface area contributed by atoms with Gasteiger partial charge in [0.05, 0.1) is 12.7 Å². The molecular formula is C11H15ClO. The maximum Gasteiger partial charge on any atom is 0.0720 e. The number of rotatable bonds is 5. The Morgan fingerprint density at radius 2 is 2.00 bits per heavy atom. The predicted molar refractivity (Wildman–Crippen MR) is 56.0 cm³/mol. The van der Waals surface area contributed by atoms with Crippen molar-refractivity contribution in [3.8, 4) is 0 Å². The minimum absolute atomic E-state index is 0.248. The van der Waals surface area contributed by atoms with Crippen LogP contribution >= 0.6 is 11.6 Å². The van der Waals surface area contributed by atoms with E-state index in [-0.39, 0.29) is 6.10 Å². The van der Waals surface area contributed by atoms with Crippen molar-refractivity contribution < 1.29 is 4.74 Å². The molecule has 0 unspecified atom stereocenters. The molecule has 0 aliphatic rings. The van der Waals surface area contributed by atoms with Crippen LogP contribution in [0, 0.1) is 0 Å². The van der Waals surface area contributed by atoms with Gasteiger partial charge in [0, 0.05) is 5.88 Å². The maximum atomic E-state index is 5.60. The van der Waals surface area contributed by atoms with Gasteiger partial charge in [0.15, 0.2) is 0 Å². The molecule has 0 radical (unpaired) electrons. The molecule has 0 bridgehead atoms. The quantitative estimate of drug-likeness (QED) is 0.661. The summed E-state index contributed by atoms with van der Waals surface area (Å²) in [7, 11) is 0. The molecule has 0 heterocycles. The lowest BCUT2D eigenvalue weighted by Crippen LogP contribution is -2.08. The first kappa shape index (κ1) is 10.6. The Hall–Kier alpha value is -0.530. The van der Waals surface area contributed by atoms with Gasteiger partial charge in [-0.15, -0.1) is 11.6 Å². The highest BCUT2D eigenvalue weighted by Gasteiger charge is 2.00. The smallest absolute Gasteiger partial charge is 0.0720 e. The Morgan fingerprint density at radius 3 is 2.62 bits per heavy atom. The average molecular weight is 199 g/mol. The maximum absolute atomic E-state index is 5.60. The van der Waals surface area contributed by atoms with E-state index in [9.17, 15) is 0 Å². The molecule has 0 N–H and O–H groups in total. The van der Waals surface area contributed by atoms with Gasteiger partial charge in [0.1, 0.15) is 0 Å². The van der Waals surface area contributed by atoms with Gasteiger partial charge in [-0.2, -0.15) is 0 Å². The molecule has 0 saturated carbocycles. The highest BCUT2D eigenvalue weighted by atomic mass is 35.5. The molecule has 1 atom stereocenters. The van der Waals surface area contributed by atoms with E-state index < -0.39 is 0 Å². The average Bonchev–Trinajstić information content (AvgIpc) is 2.17. The highest BCUT2D eigenvalue weighted by Crippen LogP contribution is 2.05. The summed E-state index contributed by atoms with van der Waals surface area (Å²) in [5.74, 6) is 0.663. The zero-order chi connectivity index (χ0) is 9.52. The summed E-state index contributed by atoms with van der Waals surface area (Å²) in [5, 5.41) is 0. The third kappa shape index (κ3) is 4.30. The summed E-state index contributed by atoms with van der Waals surface area (Å²) in [6.07, 6.45) is 1.16. The summed E-state index contributed by atoms with van der Waals surface area (Å²) in [6, 6.07) is 10.2. The first-order chi connectivity index (χ1) is 6.33. The minimum atomic E-state index is 0.248. The van der Waals surface area contributed by atoms with Gasteiger partial charge >= 0.3 is 0 Å². The van der Waals surface area contributed by atoms with Gasteiger partial charge < -0.3 is 4.74 Å². The molecule has 1 nitrogen and oxygen atoms in total. The summed E-state index contributed by atoms with van der Waals surface area (Å²) in [6.45, 7) is 2.73. The normalized spacial score (nSPS) is 12.8. The Morgan fingerprint density at radius 1 is 1.31 bits per heavy atom. The van der Waals surface area contributed by atoms with E-state index in [1.807, 2.05) is 25.1 Å². The van der Waals surface area contributed by atoms with Crippen LogP contribution in [0.5, 0.6) is 0 Å². The van der Waals surface area contributed by atoms with Crippen molar-refractivity contribution in [3.63, 3.8) is 0 Å². The van der Waals surface area contributed by atoms with Crippen molar-refractivity contribution >= 4 is 11.6 Å². The lowest BCUT2D eigenvalue weighted by molar-refractivity contribution is 0.0514. The van der Waals surface area contributed by atoms with Crippen LogP contribution in [0.4, 0.5) is 0 Å².